The predicted octanol–water partition coefficient (Wildman–Crippen LogP) is 1.24. The van der Waals surface area contributed by atoms with E-state index in [9.17, 15) is 4.79 Å². The Hall–Kier alpha value is -0.570. The highest BCUT2D eigenvalue weighted by molar-refractivity contribution is 5.79. The molecule has 2 atom stereocenters. The molecular weight excluding hydrogens is 188 g/mol. The fraction of sp³-hybridized carbons (Fsp3) is 0.917. The Balaban J connectivity index is 1.88. The SMILES string of the molecule is CC1CNCC(C(=O)N2CCCCC2)C1. The van der Waals surface area contributed by atoms with Crippen LogP contribution in [0.15, 0.2) is 0 Å². The van der Waals surface area contributed by atoms with Crippen LogP contribution in [0.1, 0.15) is 32.6 Å². The second-order valence-electron chi connectivity index (χ2n) is 5.08. The molecule has 0 aromatic carbocycles. The Kier molecular flexibility index (Phi) is 3.62. The van der Waals surface area contributed by atoms with E-state index in [0.717, 1.165) is 32.6 Å². The van der Waals surface area contributed by atoms with Crippen LogP contribution < -0.4 is 5.32 Å². The van der Waals surface area contributed by atoms with Crippen LogP contribution in [0.2, 0.25) is 0 Å². The molecule has 86 valence electrons. The number of amides is 1. The Morgan fingerprint density at radius 1 is 1.20 bits per heavy atom. The topological polar surface area (TPSA) is 32.3 Å². The van der Waals surface area contributed by atoms with Crippen molar-refractivity contribution >= 4 is 5.91 Å². The lowest BCUT2D eigenvalue weighted by molar-refractivity contribution is -0.137. The number of nitrogens with zero attached hydrogens (tertiary/aromatic N) is 1. The Labute approximate surface area is 92.2 Å². The van der Waals surface area contributed by atoms with Crippen molar-refractivity contribution in [3.63, 3.8) is 0 Å². The van der Waals surface area contributed by atoms with Gasteiger partial charge in [-0.1, -0.05) is 6.92 Å². The van der Waals surface area contributed by atoms with E-state index in [1.165, 1.54) is 19.3 Å². The molecule has 0 bridgehead atoms. The number of rotatable bonds is 1. The van der Waals surface area contributed by atoms with Crippen molar-refractivity contribution in [1.82, 2.24) is 10.2 Å². The third-order valence-electron chi connectivity index (χ3n) is 3.59. The number of hydrogen-bond acceptors (Lipinski definition) is 2. The summed E-state index contributed by atoms with van der Waals surface area (Å²) in [6, 6.07) is 0. The van der Waals surface area contributed by atoms with Crippen LogP contribution in [-0.2, 0) is 4.79 Å². The lowest BCUT2D eigenvalue weighted by Gasteiger charge is -2.33. The van der Waals surface area contributed by atoms with E-state index in [0.29, 0.717) is 11.8 Å². The molecule has 0 spiro atoms. The third-order valence-corrected chi connectivity index (χ3v) is 3.59. The number of carbonyl (C=O) groups is 1. The molecule has 2 unspecified atom stereocenters. The maximum absolute atomic E-state index is 12.2. The maximum Gasteiger partial charge on any atom is 0.226 e. The van der Waals surface area contributed by atoms with Gasteiger partial charge >= 0.3 is 0 Å². The molecular formula is C12H22N2O. The highest BCUT2D eigenvalue weighted by atomic mass is 16.2. The number of piperidine rings is 2. The van der Waals surface area contributed by atoms with E-state index < -0.39 is 0 Å². The molecule has 0 radical (unpaired) electrons. The van der Waals surface area contributed by atoms with Crippen molar-refractivity contribution in [3.05, 3.63) is 0 Å². The minimum Gasteiger partial charge on any atom is -0.342 e. The monoisotopic (exact) mass is 210 g/mol. The molecule has 2 aliphatic heterocycles. The summed E-state index contributed by atoms with van der Waals surface area (Å²) in [6.07, 6.45) is 4.76. The molecule has 2 aliphatic rings. The van der Waals surface area contributed by atoms with Crippen LogP contribution in [0, 0.1) is 11.8 Å². The van der Waals surface area contributed by atoms with Gasteiger partial charge in [0, 0.05) is 19.6 Å². The molecule has 2 rings (SSSR count). The largest absolute Gasteiger partial charge is 0.342 e. The number of hydrogen-bond donors (Lipinski definition) is 1. The minimum atomic E-state index is 0.242. The average Bonchev–Trinajstić information content (AvgIpc) is 2.29. The molecule has 15 heavy (non-hydrogen) atoms. The highest BCUT2D eigenvalue weighted by Gasteiger charge is 2.28. The van der Waals surface area contributed by atoms with Crippen molar-refractivity contribution in [3.8, 4) is 0 Å². The lowest BCUT2D eigenvalue weighted by atomic mass is 9.90. The van der Waals surface area contributed by atoms with Gasteiger partial charge in [-0.15, -0.1) is 0 Å². The molecule has 3 nitrogen and oxygen atoms in total. The van der Waals surface area contributed by atoms with Crippen molar-refractivity contribution in [2.24, 2.45) is 11.8 Å². The predicted molar refractivity (Wildman–Crippen MR) is 60.6 cm³/mol. The summed E-state index contributed by atoms with van der Waals surface area (Å²) in [5, 5.41) is 3.36. The zero-order valence-corrected chi connectivity index (χ0v) is 9.67. The van der Waals surface area contributed by atoms with Crippen LogP contribution in [0.5, 0.6) is 0 Å². The van der Waals surface area contributed by atoms with Gasteiger partial charge in [-0.05, 0) is 38.1 Å². The van der Waals surface area contributed by atoms with Crippen molar-refractivity contribution in [1.29, 1.82) is 0 Å². The first-order valence-electron chi connectivity index (χ1n) is 6.27. The molecule has 1 N–H and O–H groups in total. The first-order chi connectivity index (χ1) is 7.27. The number of likely N-dealkylation sites (tertiary alicyclic amines) is 1. The van der Waals surface area contributed by atoms with E-state index in [1.807, 2.05) is 0 Å². The summed E-state index contributed by atoms with van der Waals surface area (Å²) in [6.45, 7) is 6.17. The molecule has 3 heteroatoms. The van der Waals surface area contributed by atoms with E-state index >= 15 is 0 Å². The zero-order valence-electron chi connectivity index (χ0n) is 9.67. The van der Waals surface area contributed by atoms with Gasteiger partial charge in [-0.25, -0.2) is 0 Å². The molecule has 0 saturated carbocycles. The summed E-state index contributed by atoms with van der Waals surface area (Å²) in [5.41, 5.74) is 0. The van der Waals surface area contributed by atoms with E-state index in [2.05, 4.69) is 17.1 Å². The Bertz CT molecular complexity index is 224. The Morgan fingerprint density at radius 2 is 1.93 bits per heavy atom. The average molecular weight is 210 g/mol. The van der Waals surface area contributed by atoms with Gasteiger partial charge in [0.1, 0.15) is 0 Å². The van der Waals surface area contributed by atoms with Crippen LogP contribution in [0.4, 0.5) is 0 Å². The molecule has 0 aliphatic carbocycles. The number of carbonyl (C=O) groups excluding carboxylic acids is 1. The molecule has 2 saturated heterocycles. The third kappa shape index (κ3) is 2.71. The normalized spacial score (nSPS) is 32.7. The summed E-state index contributed by atoms with van der Waals surface area (Å²) in [5.74, 6) is 1.29. The standard InChI is InChI=1S/C12H22N2O/c1-10-7-11(9-13-8-10)12(15)14-5-3-2-4-6-14/h10-11,13H,2-9H2,1H3. The second-order valence-corrected chi connectivity index (χ2v) is 5.08. The first-order valence-corrected chi connectivity index (χ1v) is 6.27. The van der Waals surface area contributed by atoms with Gasteiger partial charge < -0.3 is 10.2 Å². The molecule has 1 amide bonds. The van der Waals surface area contributed by atoms with Crippen LogP contribution in [-0.4, -0.2) is 37.0 Å². The van der Waals surface area contributed by atoms with Gasteiger partial charge in [0.05, 0.1) is 5.92 Å². The van der Waals surface area contributed by atoms with E-state index in [4.69, 9.17) is 0 Å². The van der Waals surface area contributed by atoms with E-state index in [1.54, 1.807) is 0 Å². The molecule has 2 heterocycles. The van der Waals surface area contributed by atoms with Crippen LogP contribution in [0.25, 0.3) is 0 Å². The van der Waals surface area contributed by atoms with Crippen molar-refractivity contribution < 1.29 is 4.79 Å². The van der Waals surface area contributed by atoms with Crippen LogP contribution in [0.3, 0.4) is 0 Å². The minimum absolute atomic E-state index is 0.242. The summed E-state index contributed by atoms with van der Waals surface area (Å²) in [4.78, 5) is 14.3. The van der Waals surface area contributed by atoms with Gasteiger partial charge in [-0.2, -0.15) is 0 Å². The van der Waals surface area contributed by atoms with Gasteiger partial charge in [-0.3, -0.25) is 4.79 Å². The van der Waals surface area contributed by atoms with Gasteiger partial charge in [0.15, 0.2) is 0 Å². The summed E-state index contributed by atoms with van der Waals surface area (Å²) >= 11 is 0. The molecule has 0 aromatic rings. The molecule has 0 aromatic heterocycles. The molecule has 2 fully saturated rings. The highest BCUT2D eigenvalue weighted by Crippen LogP contribution is 2.20. The fourth-order valence-electron chi connectivity index (χ4n) is 2.72. The van der Waals surface area contributed by atoms with Gasteiger partial charge in [0.25, 0.3) is 0 Å². The van der Waals surface area contributed by atoms with Crippen molar-refractivity contribution in [2.75, 3.05) is 26.2 Å². The van der Waals surface area contributed by atoms with E-state index in [-0.39, 0.29) is 5.92 Å². The summed E-state index contributed by atoms with van der Waals surface area (Å²) < 4.78 is 0. The zero-order chi connectivity index (χ0) is 10.7. The quantitative estimate of drug-likeness (QED) is 0.706. The first kappa shape index (κ1) is 10.9. The summed E-state index contributed by atoms with van der Waals surface area (Å²) in [7, 11) is 0. The number of nitrogens with one attached hydrogen (secondary N) is 1. The van der Waals surface area contributed by atoms with Gasteiger partial charge in [0.2, 0.25) is 5.91 Å². The maximum atomic E-state index is 12.2. The fourth-order valence-corrected chi connectivity index (χ4v) is 2.72. The smallest absolute Gasteiger partial charge is 0.226 e. The second kappa shape index (κ2) is 4.97. The van der Waals surface area contributed by atoms with Crippen LogP contribution >= 0.6 is 0 Å². The lowest BCUT2D eigenvalue weighted by Crippen LogP contribution is -2.46. The van der Waals surface area contributed by atoms with Crippen molar-refractivity contribution in [2.45, 2.75) is 32.6 Å². The Morgan fingerprint density at radius 3 is 2.60 bits per heavy atom.